The van der Waals surface area contributed by atoms with Crippen molar-refractivity contribution in [3.8, 4) is 5.75 Å². The number of carbonyl (C=O) groups is 1. The van der Waals surface area contributed by atoms with Gasteiger partial charge in [0.2, 0.25) is 5.91 Å². The first kappa shape index (κ1) is 20.7. The van der Waals surface area contributed by atoms with Gasteiger partial charge in [0.05, 0.1) is 11.9 Å². The number of para-hydroxylation sites is 1. The number of aromatic nitrogens is 1. The lowest BCUT2D eigenvalue weighted by Gasteiger charge is -2.56. The number of pyridine rings is 1. The van der Waals surface area contributed by atoms with Gasteiger partial charge in [-0.2, -0.15) is 0 Å². The van der Waals surface area contributed by atoms with E-state index in [1.165, 1.54) is 27.8 Å². The minimum atomic E-state index is -0.104. The van der Waals surface area contributed by atoms with Crippen molar-refractivity contribution >= 4 is 16.8 Å². The summed E-state index contributed by atoms with van der Waals surface area (Å²) in [6.07, 6.45) is 4.05. The molecule has 3 aliphatic rings. The lowest BCUT2D eigenvalue weighted by molar-refractivity contribution is -0.136. The molecule has 1 aliphatic heterocycles. The van der Waals surface area contributed by atoms with Gasteiger partial charge in [0.15, 0.2) is 0 Å². The maximum Gasteiger partial charge on any atom is 0.227 e. The zero-order chi connectivity index (χ0) is 23.6. The number of amides is 1. The maximum atomic E-state index is 13.4. The number of benzene rings is 3. The molecule has 1 amide bonds. The van der Waals surface area contributed by atoms with Crippen LogP contribution < -0.4 is 0 Å². The maximum absolute atomic E-state index is 13.4. The van der Waals surface area contributed by atoms with E-state index in [4.69, 9.17) is 4.98 Å². The second-order valence-corrected chi connectivity index (χ2v) is 10.7. The molecule has 3 aromatic carbocycles. The van der Waals surface area contributed by atoms with Crippen LogP contribution in [0.1, 0.15) is 34.4 Å². The first-order valence-electron chi connectivity index (χ1n) is 12.6. The Balaban J connectivity index is 1.32. The molecule has 4 heteroatoms. The van der Waals surface area contributed by atoms with E-state index in [2.05, 4.69) is 35.2 Å². The molecule has 1 N–H and O–H groups in total. The van der Waals surface area contributed by atoms with Crippen molar-refractivity contribution < 1.29 is 9.90 Å². The fourth-order valence-electron chi connectivity index (χ4n) is 7.27. The van der Waals surface area contributed by atoms with Crippen molar-refractivity contribution in [2.75, 3.05) is 13.1 Å². The Kier molecular flexibility index (Phi) is 4.38. The predicted molar refractivity (Wildman–Crippen MR) is 136 cm³/mol. The van der Waals surface area contributed by atoms with Gasteiger partial charge in [0.25, 0.3) is 0 Å². The summed E-state index contributed by atoms with van der Waals surface area (Å²) >= 11 is 0. The van der Waals surface area contributed by atoms with Gasteiger partial charge in [0.1, 0.15) is 5.75 Å². The van der Waals surface area contributed by atoms with E-state index in [0.29, 0.717) is 12.2 Å². The summed E-state index contributed by atoms with van der Waals surface area (Å²) in [5.74, 6) is 0.536. The van der Waals surface area contributed by atoms with Gasteiger partial charge in [-0.05, 0) is 65.8 Å². The molecule has 1 aromatic heterocycles. The number of fused-ring (bicyclic) bond motifs is 3. The number of phenols is 1. The van der Waals surface area contributed by atoms with Gasteiger partial charge in [-0.25, -0.2) is 0 Å². The highest BCUT2D eigenvalue weighted by Crippen LogP contribution is 2.62. The number of hydrogen-bond donors (Lipinski definition) is 1. The monoisotopic (exact) mass is 460 g/mol. The summed E-state index contributed by atoms with van der Waals surface area (Å²) in [6, 6.07) is 26.6. The smallest absolute Gasteiger partial charge is 0.227 e. The third kappa shape index (κ3) is 3.05. The van der Waals surface area contributed by atoms with Crippen LogP contribution >= 0.6 is 0 Å². The highest BCUT2D eigenvalue weighted by atomic mass is 16.3. The predicted octanol–water partition coefficient (Wildman–Crippen LogP) is 4.99. The Morgan fingerprint density at radius 1 is 0.914 bits per heavy atom. The van der Waals surface area contributed by atoms with Crippen molar-refractivity contribution in [1.29, 1.82) is 0 Å². The molecule has 7 rings (SSSR count). The van der Waals surface area contributed by atoms with E-state index in [-0.39, 0.29) is 16.7 Å². The molecular weight excluding hydrogens is 432 g/mol. The van der Waals surface area contributed by atoms with Crippen LogP contribution in [0.5, 0.6) is 5.75 Å². The van der Waals surface area contributed by atoms with Crippen LogP contribution in [0, 0.1) is 5.41 Å². The third-order valence-corrected chi connectivity index (χ3v) is 8.90. The summed E-state index contributed by atoms with van der Waals surface area (Å²) in [7, 11) is 0. The molecule has 0 radical (unpaired) electrons. The highest BCUT2D eigenvalue weighted by Gasteiger charge is 2.62. The summed E-state index contributed by atoms with van der Waals surface area (Å²) in [5, 5.41) is 11.6. The fourth-order valence-corrected chi connectivity index (χ4v) is 7.27. The van der Waals surface area contributed by atoms with Crippen LogP contribution in [-0.2, 0) is 35.9 Å². The molecule has 0 bridgehead atoms. The Morgan fingerprint density at radius 2 is 1.71 bits per heavy atom. The van der Waals surface area contributed by atoms with Crippen molar-refractivity contribution in [1.82, 2.24) is 9.88 Å². The van der Waals surface area contributed by atoms with E-state index in [9.17, 15) is 9.90 Å². The first-order valence-corrected chi connectivity index (χ1v) is 12.6. The first-order chi connectivity index (χ1) is 17.1. The Bertz CT molecular complexity index is 1480. The average Bonchev–Trinajstić information content (AvgIpc) is 3.15. The Hall–Kier alpha value is -3.66. The molecule has 2 aliphatic carbocycles. The number of nitrogens with zero attached hydrogens (tertiary/aromatic N) is 2. The lowest BCUT2D eigenvalue weighted by Crippen LogP contribution is -2.61. The van der Waals surface area contributed by atoms with Crippen LogP contribution in [0.3, 0.4) is 0 Å². The van der Waals surface area contributed by atoms with Gasteiger partial charge >= 0.3 is 0 Å². The molecule has 35 heavy (non-hydrogen) atoms. The molecule has 0 saturated carbocycles. The number of hydrogen-bond acceptors (Lipinski definition) is 3. The van der Waals surface area contributed by atoms with Crippen LogP contribution in [0.4, 0.5) is 0 Å². The number of piperidine rings is 1. The topological polar surface area (TPSA) is 53.4 Å². The van der Waals surface area contributed by atoms with Crippen LogP contribution in [0.15, 0.2) is 78.9 Å². The molecular formula is C31H28N2O2. The minimum absolute atomic E-state index is 0.0785. The summed E-state index contributed by atoms with van der Waals surface area (Å²) in [5.41, 5.74) is 7.01. The van der Waals surface area contributed by atoms with Crippen molar-refractivity contribution in [3.05, 3.63) is 107 Å². The number of carbonyl (C=O) groups excluding carboxylic acids is 1. The van der Waals surface area contributed by atoms with Gasteiger partial charge in [-0.1, -0.05) is 54.6 Å². The summed E-state index contributed by atoms with van der Waals surface area (Å²) < 4.78 is 0. The molecule has 1 fully saturated rings. The minimum Gasteiger partial charge on any atom is -0.508 e. The average molecular weight is 461 g/mol. The largest absolute Gasteiger partial charge is 0.508 e. The Labute approximate surface area is 205 Å². The van der Waals surface area contributed by atoms with Gasteiger partial charge in [-0.3, -0.25) is 9.78 Å². The number of aromatic hydroxyl groups is 1. The standard InChI is InChI=1S/C31H28N2O2/c34-25-11-10-23-17-30-18-24-15-22-8-4-5-9-27(22)32-28(24)19-31(30,26(23)16-25)12-13-33(20-30)29(35)14-21-6-2-1-3-7-21/h1-11,15-16,34H,12-14,17-20H2. The van der Waals surface area contributed by atoms with Crippen molar-refractivity contribution in [2.24, 2.45) is 5.41 Å². The van der Waals surface area contributed by atoms with Crippen molar-refractivity contribution in [3.63, 3.8) is 0 Å². The summed E-state index contributed by atoms with van der Waals surface area (Å²) in [4.78, 5) is 20.7. The lowest BCUT2D eigenvalue weighted by atomic mass is 9.52. The molecule has 0 spiro atoms. The van der Waals surface area contributed by atoms with E-state index in [0.717, 1.165) is 49.9 Å². The number of phenolic OH excluding ortho intramolecular Hbond substituents is 1. The van der Waals surface area contributed by atoms with Crippen LogP contribution in [-0.4, -0.2) is 34.0 Å². The second-order valence-electron chi connectivity index (χ2n) is 10.7. The summed E-state index contributed by atoms with van der Waals surface area (Å²) in [6.45, 7) is 1.49. The van der Waals surface area contributed by atoms with Crippen LogP contribution in [0.2, 0.25) is 0 Å². The normalized spacial score (nSPS) is 24.4. The molecule has 4 nitrogen and oxygen atoms in total. The molecule has 174 valence electrons. The fraction of sp³-hybridized carbons (Fsp3) is 0.290. The van der Waals surface area contributed by atoms with E-state index < -0.39 is 0 Å². The van der Waals surface area contributed by atoms with Gasteiger partial charge < -0.3 is 10.0 Å². The van der Waals surface area contributed by atoms with Gasteiger partial charge in [-0.15, -0.1) is 0 Å². The van der Waals surface area contributed by atoms with Gasteiger partial charge in [0, 0.05) is 41.4 Å². The highest BCUT2D eigenvalue weighted by molar-refractivity contribution is 5.81. The van der Waals surface area contributed by atoms with Crippen molar-refractivity contribution in [2.45, 2.75) is 37.5 Å². The zero-order valence-electron chi connectivity index (χ0n) is 19.7. The number of rotatable bonds is 2. The molecule has 2 unspecified atom stereocenters. The quantitative estimate of drug-likeness (QED) is 0.458. The third-order valence-electron chi connectivity index (χ3n) is 8.90. The Morgan fingerprint density at radius 3 is 2.60 bits per heavy atom. The van der Waals surface area contributed by atoms with E-state index in [1.807, 2.05) is 48.5 Å². The molecule has 1 saturated heterocycles. The SMILES string of the molecule is O=C(Cc1ccccc1)N1CCC23Cc4nc5ccccc5cc4CC2(Cc2ccc(O)cc23)C1. The zero-order valence-corrected chi connectivity index (χ0v) is 19.7. The second kappa shape index (κ2) is 7.42. The molecule has 4 aromatic rings. The van der Waals surface area contributed by atoms with E-state index >= 15 is 0 Å². The molecule has 2 atom stereocenters. The number of likely N-dealkylation sites (tertiary alicyclic amines) is 1. The molecule has 2 heterocycles. The van der Waals surface area contributed by atoms with Crippen LogP contribution in [0.25, 0.3) is 10.9 Å². The van der Waals surface area contributed by atoms with E-state index in [1.54, 1.807) is 0 Å².